The number of carbonyl (C=O) groups is 1. The van der Waals surface area contributed by atoms with E-state index in [-0.39, 0.29) is 0 Å². The quantitative estimate of drug-likeness (QED) is 0.779. The van der Waals surface area contributed by atoms with E-state index in [1.807, 2.05) is 52.8 Å². The van der Waals surface area contributed by atoms with Crippen LogP contribution in [0.4, 0.5) is 4.79 Å². The lowest BCUT2D eigenvalue weighted by Gasteiger charge is -2.29. The van der Waals surface area contributed by atoms with Crippen LogP contribution in [0.1, 0.15) is 40.2 Å². The highest BCUT2D eigenvalue weighted by atomic mass is 79.9. The second-order valence-corrected chi connectivity index (χ2v) is 7.99. The van der Waals surface area contributed by atoms with Gasteiger partial charge in [0, 0.05) is 23.1 Å². The van der Waals surface area contributed by atoms with Crippen LogP contribution in [-0.2, 0) is 11.3 Å². The molecular formula is C17H27BrN2O3. The first-order valence-corrected chi connectivity index (χ1v) is 8.36. The van der Waals surface area contributed by atoms with Crippen LogP contribution in [0.25, 0.3) is 0 Å². The first kappa shape index (κ1) is 19.8. The maximum Gasteiger partial charge on any atom is 0.408 e. The predicted octanol–water partition coefficient (Wildman–Crippen LogP) is 3.85. The van der Waals surface area contributed by atoms with Crippen LogP contribution in [0, 0.1) is 0 Å². The van der Waals surface area contributed by atoms with E-state index in [2.05, 4.69) is 26.6 Å². The monoisotopic (exact) mass is 386 g/mol. The zero-order valence-corrected chi connectivity index (χ0v) is 16.3. The summed E-state index contributed by atoms with van der Waals surface area (Å²) >= 11 is 3.46. The van der Waals surface area contributed by atoms with Crippen LogP contribution in [0.5, 0.6) is 5.75 Å². The molecule has 5 nitrogen and oxygen atoms in total. The highest BCUT2D eigenvalue weighted by Gasteiger charge is 2.24. The molecule has 0 aliphatic rings. The Kier molecular flexibility index (Phi) is 6.89. The molecule has 130 valence electrons. The highest BCUT2D eigenvalue weighted by molar-refractivity contribution is 9.10. The van der Waals surface area contributed by atoms with Crippen molar-refractivity contribution >= 4 is 22.0 Å². The maximum absolute atomic E-state index is 11.9. The Balaban J connectivity index is 2.54. The zero-order chi connectivity index (χ0) is 17.7. The van der Waals surface area contributed by atoms with E-state index in [1.165, 1.54) is 0 Å². The number of amides is 1. The summed E-state index contributed by atoms with van der Waals surface area (Å²) in [4.78, 5) is 11.9. The maximum atomic E-state index is 11.9. The van der Waals surface area contributed by atoms with Crippen molar-refractivity contribution in [3.8, 4) is 5.75 Å². The van der Waals surface area contributed by atoms with Crippen LogP contribution >= 0.6 is 15.9 Å². The van der Waals surface area contributed by atoms with Gasteiger partial charge in [-0.25, -0.2) is 4.79 Å². The summed E-state index contributed by atoms with van der Waals surface area (Å²) in [5.74, 6) is 0.832. The summed E-state index contributed by atoms with van der Waals surface area (Å²) in [6.45, 7) is 10.7. The molecule has 0 fully saturated rings. The molecule has 0 heterocycles. The van der Waals surface area contributed by atoms with E-state index in [9.17, 15) is 4.79 Å². The largest absolute Gasteiger partial charge is 0.496 e. The minimum atomic E-state index is -0.503. The van der Waals surface area contributed by atoms with Gasteiger partial charge in [0.15, 0.2) is 0 Å². The molecule has 0 aromatic heterocycles. The molecule has 0 unspecified atom stereocenters. The minimum Gasteiger partial charge on any atom is -0.496 e. The topological polar surface area (TPSA) is 59.6 Å². The summed E-state index contributed by atoms with van der Waals surface area (Å²) in [5.41, 5.74) is 0.119. The third-order valence-electron chi connectivity index (χ3n) is 2.96. The smallest absolute Gasteiger partial charge is 0.408 e. The number of benzene rings is 1. The molecule has 0 saturated carbocycles. The standard InChI is InChI=1S/C17H27BrN2O3/c1-16(2,3)23-15(21)20-17(4,5)11-19-10-12-9-13(18)7-8-14(12)22-6/h7-9,19H,10-11H2,1-6H3,(H,20,21). The van der Waals surface area contributed by atoms with Gasteiger partial charge in [-0.05, 0) is 52.8 Å². The fourth-order valence-electron chi connectivity index (χ4n) is 2.02. The lowest BCUT2D eigenvalue weighted by molar-refractivity contribution is 0.0472. The first-order valence-electron chi connectivity index (χ1n) is 7.57. The van der Waals surface area contributed by atoms with Gasteiger partial charge in [-0.3, -0.25) is 0 Å². The van der Waals surface area contributed by atoms with Crippen LogP contribution in [0.15, 0.2) is 22.7 Å². The van der Waals surface area contributed by atoms with Crippen molar-refractivity contribution in [2.75, 3.05) is 13.7 Å². The Hall–Kier alpha value is -1.27. The summed E-state index contributed by atoms with van der Waals surface area (Å²) < 4.78 is 11.6. The van der Waals surface area contributed by atoms with Gasteiger partial charge in [-0.1, -0.05) is 15.9 Å². The molecule has 0 saturated heterocycles. The van der Waals surface area contributed by atoms with E-state index in [4.69, 9.17) is 9.47 Å². The van der Waals surface area contributed by atoms with E-state index in [0.29, 0.717) is 13.1 Å². The van der Waals surface area contributed by atoms with E-state index in [1.54, 1.807) is 7.11 Å². The molecule has 1 aromatic rings. The number of carbonyl (C=O) groups excluding carboxylic acids is 1. The van der Waals surface area contributed by atoms with Gasteiger partial charge in [0.2, 0.25) is 0 Å². The Morgan fingerprint density at radius 3 is 2.43 bits per heavy atom. The van der Waals surface area contributed by atoms with Gasteiger partial charge in [0.25, 0.3) is 0 Å². The molecule has 2 N–H and O–H groups in total. The number of halogens is 1. The Morgan fingerprint density at radius 2 is 1.87 bits per heavy atom. The molecule has 0 aliphatic carbocycles. The molecule has 6 heteroatoms. The molecule has 1 aromatic carbocycles. The highest BCUT2D eigenvalue weighted by Crippen LogP contribution is 2.22. The van der Waals surface area contributed by atoms with Gasteiger partial charge >= 0.3 is 6.09 Å². The van der Waals surface area contributed by atoms with E-state index < -0.39 is 17.2 Å². The van der Waals surface area contributed by atoms with Crippen molar-refractivity contribution < 1.29 is 14.3 Å². The van der Waals surface area contributed by atoms with Gasteiger partial charge in [0.05, 0.1) is 12.6 Å². The molecule has 1 amide bonds. The van der Waals surface area contributed by atoms with Gasteiger partial charge < -0.3 is 20.1 Å². The van der Waals surface area contributed by atoms with Crippen molar-refractivity contribution in [2.45, 2.75) is 52.3 Å². The van der Waals surface area contributed by atoms with E-state index >= 15 is 0 Å². The summed E-state index contributed by atoms with van der Waals surface area (Å²) in [7, 11) is 1.65. The molecular weight excluding hydrogens is 360 g/mol. The first-order chi connectivity index (χ1) is 10.5. The average molecular weight is 387 g/mol. The third kappa shape index (κ3) is 7.70. The second kappa shape index (κ2) is 8.02. The third-order valence-corrected chi connectivity index (χ3v) is 3.46. The van der Waals surface area contributed by atoms with Crippen LogP contribution in [-0.4, -0.2) is 30.9 Å². The van der Waals surface area contributed by atoms with Crippen molar-refractivity contribution in [2.24, 2.45) is 0 Å². The number of alkyl carbamates (subject to hydrolysis) is 1. The summed E-state index contributed by atoms with van der Waals surface area (Å²) in [6.07, 6.45) is -0.413. The number of ether oxygens (including phenoxy) is 2. The Bertz CT molecular complexity index is 539. The fraction of sp³-hybridized carbons (Fsp3) is 0.588. The number of rotatable bonds is 6. The lowest BCUT2D eigenvalue weighted by Crippen LogP contribution is -2.51. The Labute approximate surface area is 147 Å². The van der Waals surface area contributed by atoms with Gasteiger partial charge in [-0.15, -0.1) is 0 Å². The Morgan fingerprint density at radius 1 is 1.22 bits per heavy atom. The predicted molar refractivity (Wildman–Crippen MR) is 95.8 cm³/mol. The number of hydrogen-bond donors (Lipinski definition) is 2. The number of methoxy groups -OCH3 is 1. The van der Waals surface area contributed by atoms with Crippen molar-refractivity contribution in [3.05, 3.63) is 28.2 Å². The van der Waals surface area contributed by atoms with Crippen LogP contribution < -0.4 is 15.4 Å². The zero-order valence-electron chi connectivity index (χ0n) is 14.7. The molecule has 0 aliphatic heterocycles. The molecule has 1 rings (SSSR count). The molecule has 0 spiro atoms. The SMILES string of the molecule is COc1ccc(Br)cc1CNCC(C)(C)NC(=O)OC(C)(C)C. The molecule has 0 bridgehead atoms. The molecule has 23 heavy (non-hydrogen) atoms. The number of hydrogen-bond acceptors (Lipinski definition) is 4. The van der Waals surface area contributed by atoms with Gasteiger partial charge in [0.1, 0.15) is 11.4 Å². The minimum absolute atomic E-state index is 0.413. The number of nitrogens with one attached hydrogen (secondary N) is 2. The normalized spacial score (nSPS) is 12.0. The summed E-state index contributed by atoms with van der Waals surface area (Å²) in [5, 5.41) is 6.22. The summed E-state index contributed by atoms with van der Waals surface area (Å²) in [6, 6.07) is 5.88. The van der Waals surface area contributed by atoms with Crippen molar-refractivity contribution in [1.29, 1.82) is 0 Å². The van der Waals surface area contributed by atoms with Gasteiger partial charge in [-0.2, -0.15) is 0 Å². The van der Waals surface area contributed by atoms with Crippen LogP contribution in [0.3, 0.4) is 0 Å². The van der Waals surface area contributed by atoms with Crippen molar-refractivity contribution in [1.82, 2.24) is 10.6 Å². The fourth-order valence-corrected chi connectivity index (χ4v) is 2.43. The molecule has 0 atom stereocenters. The average Bonchev–Trinajstić information content (AvgIpc) is 2.35. The van der Waals surface area contributed by atoms with E-state index in [0.717, 1.165) is 15.8 Å². The van der Waals surface area contributed by atoms with Crippen molar-refractivity contribution in [3.63, 3.8) is 0 Å². The second-order valence-electron chi connectivity index (χ2n) is 7.07. The lowest BCUT2D eigenvalue weighted by atomic mass is 10.1. The van der Waals surface area contributed by atoms with Crippen LogP contribution in [0.2, 0.25) is 0 Å². The molecule has 0 radical (unpaired) electrons.